The van der Waals surface area contributed by atoms with Crippen molar-refractivity contribution < 1.29 is 9.53 Å². The van der Waals surface area contributed by atoms with Crippen molar-refractivity contribution in [3.63, 3.8) is 0 Å². The van der Waals surface area contributed by atoms with Crippen molar-refractivity contribution in [3.8, 4) is 0 Å². The summed E-state index contributed by atoms with van der Waals surface area (Å²) in [5.41, 5.74) is 2.26. The minimum absolute atomic E-state index is 0.161. The fraction of sp³-hybridized carbons (Fsp3) is 0.939. The molecule has 0 aromatic heterocycles. The summed E-state index contributed by atoms with van der Waals surface area (Å²) in [7, 11) is -1.91. The van der Waals surface area contributed by atoms with Crippen LogP contribution in [0.5, 0.6) is 0 Å². The van der Waals surface area contributed by atoms with Gasteiger partial charge in [0.25, 0.3) is 0 Å². The van der Waals surface area contributed by atoms with E-state index in [0.717, 1.165) is 42.9 Å². The molecule has 3 saturated carbocycles. The summed E-state index contributed by atoms with van der Waals surface area (Å²) in [6.07, 6.45) is 15.4. The Hall–Kier alpha value is -0.123. The first-order valence-electron chi connectivity index (χ1n) is 15.7. The Morgan fingerprint density at radius 3 is 2.33 bits per heavy atom. The van der Waals surface area contributed by atoms with Crippen molar-refractivity contribution >= 4 is 8.32 Å². The van der Waals surface area contributed by atoms with E-state index in [9.17, 15) is 5.11 Å². The molecule has 0 aromatic rings. The molecule has 4 aliphatic carbocycles. The molecule has 0 heterocycles. The molecule has 0 bridgehead atoms. The molecule has 4 rings (SSSR count). The lowest BCUT2D eigenvalue weighted by molar-refractivity contribution is -0.0938. The molecule has 0 radical (unpaired) electrons. The average Bonchev–Trinajstić information content (AvgIpc) is 3.10. The van der Waals surface area contributed by atoms with E-state index in [-0.39, 0.29) is 22.7 Å². The lowest BCUT2D eigenvalue weighted by Crippen LogP contribution is -2.57. The highest BCUT2D eigenvalue weighted by molar-refractivity contribution is 6.74. The van der Waals surface area contributed by atoms with Crippen LogP contribution >= 0.6 is 0 Å². The normalized spacial score (nSPS) is 41.9. The molecule has 1 unspecified atom stereocenters. The maximum Gasteiger partial charge on any atom is 0.192 e. The van der Waals surface area contributed by atoms with Crippen LogP contribution in [0.4, 0.5) is 0 Å². The maximum atomic E-state index is 10.6. The lowest BCUT2D eigenvalue weighted by atomic mass is 9.46. The van der Waals surface area contributed by atoms with E-state index in [0.29, 0.717) is 17.3 Å². The topological polar surface area (TPSA) is 29.5 Å². The van der Waals surface area contributed by atoms with Gasteiger partial charge in [-0.15, -0.1) is 0 Å². The highest BCUT2D eigenvalue weighted by atomic mass is 28.4. The molecule has 1 N–H and O–H groups in total. The predicted molar refractivity (Wildman–Crippen MR) is 157 cm³/mol. The van der Waals surface area contributed by atoms with Gasteiger partial charge in [0.2, 0.25) is 0 Å². The third kappa shape index (κ3) is 5.08. The van der Waals surface area contributed by atoms with Gasteiger partial charge in [0.15, 0.2) is 8.32 Å². The zero-order chi connectivity index (χ0) is 26.7. The number of fused-ring (bicyclic) bond motifs is 5. The summed E-state index contributed by atoms with van der Waals surface area (Å²) >= 11 is 0. The Morgan fingerprint density at radius 2 is 1.69 bits per heavy atom. The van der Waals surface area contributed by atoms with Crippen LogP contribution in [-0.4, -0.2) is 25.6 Å². The molecular weight excluding hydrogens is 456 g/mol. The Bertz CT molecular complexity index is 809. The molecule has 0 amide bonds. The van der Waals surface area contributed by atoms with Gasteiger partial charge < -0.3 is 9.53 Å². The van der Waals surface area contributed by atoms with E-state index < -0.39 is 8.32 Å². The van der Waals surface area contributed by atoms with Gasteiger partial charge in [-0.2, -0.15) is 0 Å². The number of hydrogen-bond acceptors (Lipinski definition) is 2. The molecule has 3 heteroatoms. The monoisotopic (exact) mass is 516 g/mol. The fourth-order valence-corrected chi connectivity index (χ4v) is 10.5. The number of rotatable bonds is 7. The zero-order valence-electron chi connectivity index (χ0n) is 25.6. The first-order chi connectivity index (χ1) is 16.6. The highest BCUT2D eigenvalue weighted by Gasteiger charge is 2.62. The summed E-state index contributed by atoms with van der Waals surface area (Å²) in [4.78, 5) is 0. The van der Waals surface area contributed by atoms with Crippen molar-refractivity contribution in [1.82, 2.24) is 0 Å². The molecular formula is C33H60O2Si. The van der Waals surface area contributed by atoms with E-state index in [1.807, 2.05) is 0 Å². The molecule has 208 valence electrons. The van der Waals surface area contributed by atoms with Crippen LogP contribution in [0.25, 0.3) is 0 Å². The molecule has 0 spiro atoms. The summed E-state index contributed by atoms with van der Waals surface area (Å²) in [5.74, 6) is 4.68. The van der Waals surface area contributed by atoms with Gasteiger partial charge in [-0.1, -0.05) is 86.3 Å². The third-order valence-corrected chi connectivity index (χ3v) is 17.0. The Morgan fingerprint density at radius 1 is 1.00 bits per heavy atom. The number of aliphatic hydroxyl groups excluding tert-OH is 1. The molecule has 2 nitrogen and oxygen atoms in total. The minimum Gasteiger partial charge on any atom is -0.410 e. The third-order valence-electron chi connectivity index (χ3n) is 12.5. The van der Waals surface area contributed by atoms with Crippen molar-refractivity contribution in [2.75, 3.05) is 0 Å². The quantitative estimate of drug-likeness (QED) is 0.270. The SMILES string of the molecule is CC(C)CCC[C@@H](C)[C@H]1CC[C@H]2C3[C@@H](O[Si](C)(C)C(C)(C)C)C=C4C[C@@H](O)CC[C@]4(C)[C@H]3CC[C@]12C. The van der Waals surface area contributed by atoms with Crippen LogP contribution in [0.3, 0.4) is 0 Å². The van der Waals surface area contributed by atoms with Gasteiger partial charge in [-0.05, 0) is 109 Å². The molecule has 3 fully saturated rings. The number of hydrogen-bond donors (Lipinski definition) is 1. The molecule has 0 saturated heterocycles. The summed E-state index contributed by atoms with van der Waals surface area (Å²) < 4.78 is 7.36. The maximum absolute atomic E-state index is 10.6. The van der Waals surface area contributed by atoms with E-state index in [1.54, 1.807) is 0 Å². The predicted octanol–water partition coefficient (Wildman–Crippen LogP) is 9.39. The van der Waals surface area contributed by atoms with Crippen LogP contribution in [-0.2, 0) is 4.43 Å². The van der Waals surface area contributed by atoms with Crippen LogP contribution in [0.15, 0.2) is 11.6 Å². The van der Waals surface area contributed by atoms with Crippen LogP contribution in [0, 0.1) is 46.3 Å². The minimum atomic E-state index is -1.91. The second-order valence-corrected chi connectivity index (χ2v) is 20.9. The van der Waals surface area contributed by atoms with Crippen molar-refractivity contribution in [1.29, 1.82) is 0 Å². The van der Waals surface area contributed by atoms with Crippen molar-refractivity contribution in [2.45, 2.75) is 150 Å². The summed E-state index contributed by atoms with van der Waals surface area (Å²) in [5, 5.41) is 10.8. The zero-order valence-corrected chi connectivity index (χ0v) is 26.6. The number of aliphatic hydroxyl groups is 1. The van der Waals surface area contributed by atoms with Crippen molar-refractivity contribution in [3.05, 3.63) is 11.6 Å². The molecule has 0 aliphatic heterocycles. The highest BCUT2D eigenvalue weighted by Crippen LogP contribution is 2.68. The van der Waals surface area contributed by atoms with Crippen LogP contribution in [0.2, 0.25) is 18.1 Å². The van der Waals surface area contributed by atoms with E-state index in [4.69, 9.17) is 4.43 Å². The van der Waals surface area contributed by atoms with Crippen LogP contribution in [0.1, 0.15) is 120 Å². The Balaban J connectivity index is 1.66. The first-order valence-corrected chi connectivity index (χ1v) is 18.6. The molecule has 9 atom stereocenters. The standard InChI is InChI=1S/C33H60O2Si/c1-22(2)12-11-13-23(3)26-14-15-27-30-28(17-19-33(26,27)8)32(7)18-16-25(34)20-24(32)21-29(30)35-36(9,10)31(4,5)6/h21-23,25-30,34H,11-20H2,1-10H3/t23-,25+,26-,27+,28+,29+,30?,32+,33-/m1/s1. The van der Waals surface area contributed by atoms with Gasteiger partial charge in [0.05, 0.1) is 12.2 Å². The Labute approximate surface area is 225 Å². The first kappa shape index (κ1) is 28.9. The van der Waals surface area contributed by atoms with Gasteiger partial charge in [-0.25, -0.2) is 0 Å². The fourth-order valence-electron chi connectivity index (χ4n) is 9.26. The van der Waals surface area contributed by atoms with Crippen LogP contribution < -0.4 is 0 Å². The van der Waals surface area contributed by atoms with E-state index in [1.165, 1.54) is 50.5 Å². The van der Waals surface area contributed by atoms with E-state index >= 15 is 0 Å². The molecule has 4 aliphatic rings. The second-order valence-electron chi connectivity index (χ2n) is 16.2. The smallest absolute Gasteiger partial charge is 0.192 e. The summed E-state index contributed by atoms with van der Waals surface area (Å²) in [6.45, 7) is 24.6. The largest absolute Gasteiger partial charge is 0.410 e. The second kappa shape index (κ2) is 10.1. The summed E-state index contributed by atoms with van der Waals surface area (Å²) in [6, 6.07) is 0. The average molecular weight is 517 g/mol. The van der Waals surface area contributed by atoms with Crippen molar-refractivity contribution in [2.24, 2.45) is 46.3 Å². The lowest BCUT2D eigenvalue weighted by Gasteiger charge is -2.61. The van der Waals surface area contributed by atoms with Gasteiger partial charge in [-0.3, -0.25) is 0 Å². The van der Waals surface area contributed by atoms with Gasteiger partial charge >= 0.3 is 0 Å². The molecule has 36 heavy (non-hydrogen) atoms. The van der Waals surface area contributed by atoms with Gasteiger partial charge in [0.1, 0.15) is 0 Å². The van der Waals surface area contributed by atoms with Gasteiger partial charge in [0, 0.05) is 0 Å². The molecule has 0 aromatic carbocycles. The van der Waals surface area contributed by atoms with E-state index in [2.05, 4.69) is 74.6 Å². The Kier molecular flexibility index (Phi) is 8.12.